The van der Waals surface area contributed by atoms with Gasteiger partial charge < -0.3 is 10.3 Å². The number of para-hydroxylation sites is 1. The Labute approximate surface area is 119 Å². The maximum absolute atomic E-state index is 6.16. The molecule has 19 heavy (non-hydrogen) atoms. The fraction of sp³-hybridized carbons (Fsp3) is 0.533. The lowest BCUT2D eigenvalue weighted by Gasteiger charge is -2.15. The smallest absolute Gasteiger partial charge is 0.201 e. The highest BCUT2D eigenvalue weighted by Crippen LogP contribution is 2.29. The number of nitrogens with two attached hydrogens (primary N) is 1. The highest BCUT2D eigenvalue weighted by atomic mass is 35.5. The molecule has 0 saturated heterocycles. The van der Waals surface area contributed by atoms with Crippen LogP contribution in [0.25, 0.3) is 11.0 Å². The van der Waals surface area contributed by atoms with E-state index in [1.54, 1.807) is 0 Å². The first-order chi connectivity index (χ1) is 9.15. The fourth-order valence-electron chi connectivity index (χ4n) is 2.56. The Hall–Kier alpha value is -1.22. The number of rotatable bonds is 6. The van der Waals surface area contributed by atoms with Crippen molar-refractivity contribution in [2.45, 2.75) is 52.0 Å². The number of aromatic nitrogens is 2. The van der Waals surface area contributed by atoms with Crippen LogP contribution in [0.15, 0.2) is 18.2 Å². The average Bonchev–Trinajstić information content (AvgIpc) is 2.72. The quantitative estimate of drug-likeness (QED) is 0.772. The van der Waals surface area contributed by atoms with Crippen molar-refractivity contribution in [2.24, 2.45) is 0 Å². The van der Waals surface area contributed by atoms with E-state index in [-0.39, 0.29) is 0 Å². The zero-order valence-electron chi connectivity index (χ0n) is 11.7. The molecule has 0 aliphatic carbocycles. The molecule has 0 amide bonds. The summed E-state index contributed by atoms with van der Waals surface area (Å²) in [6, 6.07) is 6.20. The molecule has 0 spiro atoms. The molecule has 1 unspecified atom stereocenters. The maximum atomic E-state index is 6.16. The van der Waals surface area contributed by atoms with Crippen LogP contribution in [0.4, 0.5) is 5.95 Å². The van der Waals surface area contributed by atoms with E-state index >= 15 is 0 Å². The van der Waals surface area contributed by atoms with E-state index in [1.165, 1.54) is 25.7 Å². The van der Waals surface area contributed by atoms with Crippen molar-refractivity contribution in [3.05, 3.63) is 23.2 Å². The van der Waals surface area contributed by atoms with E-state index in [1.807, 2.05) is 18.2 Å². The van der Waals surface area contributed by atoms with E-state index < -0.39 is 0 Å². The van der Waals surface area contributed by atoms with Crippen LogP contribution in [0.2, 0.25) is 5.02 Å². The van der Waals surface area contributed by atoms with Gasteiger partial charge in [0, 0.05) is 6.04 Å². The number of fused-ring (bicyclic) bond motifs is 1. The Morgan fingerprint density at radius 3 is 2.84 bits per heavy atom. The van der Waals surface area contributed by atoms with Crippen molar-refractivity contribution >= 4 is 28.6 Å². The van der Waals surface area contributed by atoms with Crippen molar-refractivity contribution in [3.8, 4) is 0 Å². The molecule has 1 aromatic carbocycles. The predicted octanol–water partition coefficient (Wildman–Crippen LogP) is 4.80. The van der Waals surface area contributed by atoms with Gasteiger partial charge in [-0.15, -0.1) is 0 Å². The summed E-state index contributed by atoms with van der Waals surface area (Å²) in [5.41, 5.74) is 7.89. The molecule has 1 atom stereocenters. The lowest BCUT2D eigenvalue weighted by Crippen LogP contribution is -2.08. The van der Waals surface area contributed by atoms with Gasteiger partial charge in [0.2, 0.25) is 5.95 Å². The zero-order valence-corrected chi connectivity index (χ0v) is 12.5. The molecule has 2 N–H and O–H groups in total. The third-order valence-corrected chi connectivity index (χ3v) is 3.92. The highest BCUT2D eigenvalue weighted by Gasteiger charge is 2.15. The van der Waals surface area contributed by atoms with Gasteiger partial charge in [-0.05, 0) is 25.5 Å². The number of benzene rings is 1. The average molecular weight is 280 g/mol. The minimum Gasteiger partial charge on any atom is -0.369 e. The van der Waals surface area contributed by atoms with Gasteiger partial charge in [0.25, 0.3) is 0 Å². The van der Waals surface area contributed by atoms with Gasteiger partial charge in [-0.25, -0.2) is 4.98 Å². The topological polar surface area (TPSA) is 43.8 Å². The van der Waals surface area contributed by atoms with E-state index in [4.69, 9.17) is 17.3 Å². The van der Waals surface area contributed by atoms with Crippen LogP contribution >= 0.6 is 11.6 Å². The van der Waals surface area contributed by atoms with Gasteiger partial charge in [-0.2, -0.15) is 0 Å². The van der Waals surface area contributed by atoms with Crippen LogP contribution < -0.4 is 5.73 Å². The molecule has 2 aromatic rings. The number of anilines is 1. The number of halogens is 1. The molecular weight excluding hydrogens is 258 g/mol. The third kappa shape index (κ3) is 3.03. The van der Waals surface area contributed by atoms with Crippen LogP contribution in [0.3, 0.4) is 0 Å². The van der Waals surface area contributed by atoms with E-state index in [2.05, 4.69) is 23.4 Å². The molecule has 0 saturated carbocycles. The molecule has 4 heteroatoms. The minimum absolute atomic E-state index is 0.361. The third-order valence-electron chi connectivity index (χ3n) is 3.61. The predicted molar refractivity (Wildman–Crippen MR) is 82.6 cm³/mol. The number of nitrogen functional groups attached to an aromatic ring is 1. The Morgan fingerprint density at radius 1 is 1.32 bits per heavy atom. The first-order valence-corrected chi connectivity index (χ1v) is 7.44. The molecule has 104 valence electrons. The highest BCUT2D eigenvalue weighted by molar-refractivity contribution is 6.35. The summed E-state index contributed by atoms with van der Waals surface area (Å²) >= 11 is 6.16. The minimum atomic E-state index is 0.361. The Morgan fingerprint density at radius 2 is 2.11 bits per heavy atom. The lowest BCUT2D eigenvalue weighted by molar-refractivity contribution is 0.486. The molecule has 0 aliphatic heterocycles. The second-order valence-electron chi connectivity index (χ2n) is 5.15. The summed E-state index contributed by atoms with van der Waals surface area (Å²) in [5.74, 6) is 0.561. The van der Waals surface area contributed by atoms with Crippen molar-refractivity contribution < 1.29 is 0 Å². The second-order valence-corrected chi connectivity index (χ2v) is 5.55. The Balaban J connectivity index is 2.19. The summed E-state index contributed by atoms with van der Waals surface area (Å²) in [6.45, 7) is 4.43. The standard InChI is InChI=1S/C15H22ClN3/c1-3-4-5-6-8-11(2)19-13-10-7-9-12(16)14(13)18-15(19)17/h7,9-11H,3-6,8H2,1-2H3,(H2,17,18). The van der Waals surface area contributed by atoms with Gasteiger partial charge in [0.15, 0.2) is 0 Å². The van der Waals surface area contributed by atoms with Crippen LogP contribution in [0.5, 0.6) is 0 Å². The van der Waals surface area contributed by atoms with E-state index in [0.717, 1.165) is 17.5 Å². The molecule has 3 nitrogen and oxygen atoms in total. The SMILES string of the molecule is CCCCCCC(C)n1c(N)nc2c(Cl)cccc21. The van der Waals surface area contributed by atoms with Crippen LogP contribution in [-0.2, 0) is 0 Å². The van der Waals surface area contributed by atoms with Crippen molar-refractivity contribution in [3.63, 3.8) is 0 Å². The molecular formula is C15H22ClN3. The molecule has 1 aromatic heterocycles. The molecule has 0 bridgehead atoms. The normalized spacial score (nSPS) is 13.0. The number of hydrogen-bond acceptors (Lipinski definition) is 2. The maximum Gasteiger partial charge on any atom is 0.201 e. The van der Waals surface area contributed by atoms with E-state index in [0.29, 0.717) is 17.0 Å². The fourth-order valence-corrected chi connectivity index (χ4v) is 2.77. The van der Waals surface area contributed by atoms with Crippen molar-refractivity contribution in [2.75, 3.05) is 5.73 Å². The number of unbranched alkanes of at least 4 members (excludes halogenated alkanes) is 3. The number of hydrogen-bond donors (Lipinski definition) is 1. The Kier molecular flexibility index (Phi) is 4.70. The number of imidazole rings is 1. The molecule has 1 heterocycles. The molecule has 0 fully saturated rings. The lowest BCUT2D eigenvalue weighted by atomic mass is 10.1. The summed E-state index contributed by atoms with van der Waals surface area (Å²) in [7, 11) is 0. The van der Waals surface area contributed by atoms with Crippen LogP contribution in [0.1, 0.15) is 52.0 Å². The second kappa shape index (κ2) is 6.29. The largest absolute Gasteiger partial charge is 0.369 e. The van der Waals surface area contributed by atoms with Gasteiger partial charge in [-0.3, -0.25) is 0 Å². The van der Waals surface area contributed by atoms with Crippen LogP contribution in [-0.4, -0.2) is 9.55 Å². The van der Waals surface area contributed by atoms with Gasteiger partial charge in [0.05, 0.1) is 10.5 Å². The zero-order chi connectivity index (χ0) is 13.8. The van der Waals surface area contributed by atoms with Crippen molar-refractivity contribution in [1.29, 1.82) is 0 Å². The first-order valence-electron chi connectivity index (χ1n) is 7.07. The monoisotopic (exact) mass is 279 g/mol. The molecule has 0 radical (unpaired) electrons. The van der Waals surface area contributed by atoms with Crippen molar-refractivity contribution in [1.82, 2.24) is 9.55 Å². The Bertz CT molecular complexity index is 548. The summed E-state index contributed by atoms with van der Waals surface area (Å²) in [5, 5.41) is 0.668. The summed E-state index contributed by atoms with van der Waals surface area (Å²) in [6.07, 6.45) is 6.21. The van der Waals surface area contributed by atoms with Gasteiger partial charge in [0.1, 0.15) is 5.52 Å². The molecule has 2 rings (SSSR count). The van der Waals surface area contributed by atoms with E-state index in [9.17, 15) is 0 Å². The number of nitrogens with zero attached hydrogens (tertiary/aromatic N) is 2. The van der Waals surface area contributed by atoms with Gasteiger partial charge in [-0.1, -0.05) is 50.3 Å². The molecule has 0 aliphatic rings. The summed E-state index contributed by atoms with van der Waals surface area (Å²) < 4.78 is 2.10. The van der Waals surface area contributed by atoms with Crippen LogP contribution in [0, 0.1) is 0 Å². The first kappa shape index (κ1) is 14.2. The summed E-state index contributed by atoms with van der Waals surface area (Å²) in [4.78, 5) is 4.39. The van der Waals surface area contributed by atoms with Gasteiger partial charge >= 0.3 is 0 Å².